The van der Waals surface area contributed by atoms with E-state index in [-0.39, 0.29) is 28.6 Å². The Morgan fingerprint density at radius 3 is 2.07 bits per heavy atom. The number of allylic oxidation sites excluding steroid dienone is 4. The third-order valence-corrected chi connectivity index (χ3v) is 13.5. The number of anilines is 1. The number of nitrogens with zero attached hydrogens (tertiary/aromatic N) is 3. The summed E-state index contributed by atoms with van der Waals surface area (Å²) in [7, 11) is -2.86. The van der Waals surface area contributed by atoms with Crippen molar-refractivity contribution in [1.82, 2.24) is 4.73 Å². The van der Waals surface area contributed by atoms with E-state index >= 15 is 0 Å². The Morgan fingerprint density at radius 2 is 1.43 bits per heavy atom. The second-order valence-corrected chi connectivity index (χ2v) is 19.9. The van der Waals surface area contributed by atoms with Gasteiger partial charge in [0.1, 0.15) is 18.1 Å². The summed E-state index contributed by atoms with van der Waals surface area (Å²) >= 11 is 0. The predicted molar refractivity (Wildman–Crippen MR) is 267 cm³/mol. The van der Waals surface area contributed by atoms with Gasteiger partial charge in [0.2, 0.25) is 17.4 Å². The lowest BCUT2D eigenvalue weighted by Gasteiger charge is -2.44. The van der Waals surface area contributed by atoms with Crippen LogP contribution in [0.2, 0.25) is 0 Å². The molecule has 0 saturated heterocycles. The minimum absolute atomic E-state index is 0.0559. The first-order valence-electron chi connectivity index (χ1n) is 23.7. The molecule has 16 nitrogen and oxygen atoms in total. The van der Waals surface area contributed by atoms with Gasteiger partial charge >= 0.3 is 5.97 Å². The van der Waals surface area contributed by atoms with Crippen LogP contribution in [-0.2, 0) is 44.0 Å². The monoisotopic (exact) mass is 984 g/mol. The van der Waals surface area contributed by atoms with Gasteiger partial charge in [0.05, 0.1) is 75.3 Å². The van der Waals surface area contributed by atoms with Crippen LogP contribution in [0.1, 0.15) is 82.6 Å². The third kappa shape index (κ3) is 12.4. The number of unbranched alkanes of at least 4 members (excludes halogenated alkanes) is 2. The highest BCUT2D eigenvalue weighted by atomic mass is 32.2. The normalized spacial score (nSPS) is 16.4. The number of aromatic hydroxyl groups is 2. The van der Waals surface area contributed by atoms with E-state index in [1.807, 2.05) is 50.3 Å². The van der Waals surface area contributed by atoms with Crippen molar-refractivity contribution in [2.75, 3.05) is 84.6 Å². The van der Waals surface area contributed by atoms with Crippen molar-refractivity contribution in [2.45, 2.75) is 76.2 Å². The number of aromatic nitrogens is 1. The molecule has 3 aliphatic rings. The molecule has 0 spiro atoms. The van der Waals surface area contributed by atoms with Crippen LogP contribution in [0.5, 0.6) is 17.5 Å². The van der Waals surface area contributed by atoms with Crippen LogP contribution in [0.4, 0.5) is 11.4 Å². The summed E-state index contributed by atoms with van der Waals surface area (Å²) in [6.07, 6.45) is 8.31. The van der Waals surface area contributed by atoms with E-state index in [2.05, 4.69) is 54.5 Å². The fourth-order valence-corrected chi connectivity index (χ4v) is 9.64. The van der Waals surface area contributed by atoms with Gasteiger partial charge in [-0.15, -0.1) is 4.73 Å². The lowest BCUT2D eigenvalue weighted by Crippen LogP contribution is -2.47. The van der Waals surface area contributed by atoms with E-state index in [0.717, 1.165) is 50.5 Å². The Labute approximate surface area is 410 Å². The van der Waals surface area contributed by atoms with E-state index in [1.54, 1.807) is 19.2 Å². The summed E-state index contributed by atoms with van der Waals surface area (Å²) in [5.41, 5.74) is 7.27. The number of hydrogen-bond donors (Lipinski definition) is 3. The van der Waals surface area contributed by atoms with Gasteiger partial charge in [-0.1, -0.05) is 36.4 Å². The van der Waals surface area contributed by atoms with Crippen molar-refractivity contribution >= 4 is 50.1 Å². The SMILES string of the molecule is COCCOCCOCCOCCOCCN1c2cc3c(cc2C(C)=CC1(C)C)C(=CC1=[N+](CCCCCC(=O)On2c(O)ccc2O)c2ccc(S(=O)(=O)O)cc2C1(C)C)C=C(c1ccccc1)O3. The molecule has 0 bridgehead atoms. The molecule has 0 aliphatic carbocycles. The number of carbonyl (C=O) groups excluding carboxylic acids is 1. The molecule has 4 aromatic rings. The average Bonchev–Trinajstić information content (AvgIpc) is 3.74. The molecule has 0 unspecified atom stereocenters. The first-order valence-corrected chi connectivity index (χ1v) is 25.1. The Hall–Kier alpha value is -5.79. The molecule has 376 valence electrons. The summed E-state index contributed by atoms with van der Waals surface area (Å²) < 4.78 is 72.5. The number of ether oxygens (including phenoxy) is 6. The summed E-state index contributed by atoms with van der Waals surface area (Å²) in [6.45, 7) is 16.2. The van der Waals surface area contributed by atoms with E-state index in [9.17, 15) is 28.0 Å². The van der Waals surface area contributed by atoms with Gasteiger partial charge in [-0.25, -0.2) is 4.79 Å². The van der Waals surface area contributed by atoms with Crippen molar-refractivity contribution in [3.05, 3.63) is 113 Å². The van der Waals surface area contributed by atoms with Crippen LogP contribution in [0.15, 0.2) is 95.9 Å². The molecule has 17 heteroatoms. The molecule has 0 atom stereocenters. The zero-order valence-electron chi connectivity index (χ0n) is 40.9. The molecule has 7 rings (SSSR count). The van der Waals surface area contributed by atoms with Crippen LogP contribution < -0.4 is 14.5 Å². The minimum atomic E-state index is -4.50. The first-order chi connectivity index (χ1) is 33.5. The molecule has 1 aromatic heterocycles. The zero-order valence-corrected chi connectivity index (χ0v) is 41.8. The van der Waals surface area contributed by atoms with Crippen LogP contribution in [0.25, 0.3) is 16.9 Å². The Bertz CT molecular complexity index is 2720. The first kappa shape index (κ1) is 52.0. The van der Waals surface area contributed by atoms with E-state index in [1.165, 1.54) is 18.2 Å². The molecule has 70 heavy (non-hydrogen) atoms. The molecular formula is C53H66N3O13S+. The molecule has 3 N–H and O–H groups in total. The molecule has 3 aliphatic heterocycles. The minimum Gasteiger partial charge on any atom is -0.492 e. The van der Waals surface area contributed by atoms with Gasteiger partial charge in [0.25, 0.3) is 10.1 Å². The lowest BCUT2D eigenvalue weighted by molar-refractivity contribution is -0.438. The van der Waals surface area contributed by atoms with Gasteiger partial charge in [0.15, 0.2) is 5.71 Å². The maximum absolute atomic E-state index is 12.6. The highest BCUT2D eigenvalue weighted by molar-refractivity contribution is 7.85. The van der Waals surface area contributed by atoms with Gasteiger partial charge in [-0.2, -0.15) is 13.0 Å². The molecule has 0 radical (unpaired) electrons. The molecule has 0 fully saturated rings. The largest absolute Gasteiger partial charge is 0.492 e. The standard InChI is InChI=1S/C53H65N3O13S/c1-37-36-52(2,3)55(21-22-64-25-26-66-29-30-67-28-27-65-24-23-63-6)45-35-47-42(34-41(37)45)39(31-46(68-47)38-13-9-7-10-14-38)32-48-53(4,5)43-33-40(70(60,61)62)16-17-44(43)54(48)20-12-8-11-15-51(59)69-56-49(57)18-19-50(56)58/h7,9-10,13-14,16-19,31-36H,8,11-12,15,20-30H2,1-6H3,(H2-,57,58,60,61,62)/p+1. The van der Waals surface area contributed by atoms with Crippen molar-refractivity contribution in [1.29, 1.82) is 0 Å². The predicted octanol–water partition coefficient (Wildman–Crippen LogP) is 7.97. The number of benzene rings is 3. The van der Waals surface area contributed by atoms with Gasteiger partial charge in [-0.3, -0.25) is 4.55 Å². The second-order valence-electron chi connectivity index (χ2n) is 18.5. The summed E-state index contributed by atoms with van der Waals surface area (Å²) in [4.78, 5) is 19.9. The Balaban J connectivity index is 1.14. The quantitative estimate of drug-likeness (QED) is 0.0330. The highest BCUT2D eigenvalue weighted by Gasteiger charge is 2.46. The van der Waals surface area contributed by atoms with Gasteiger partial charge in [-0.05, 0) is 82.9 Å². The molecule has 0 amide bonds. The van der Waals surface area contributed by atoms with Crippen LogP contribution in [-0.4, -0.2) is 129 Å². The third-order valence-electron chi connectivity index (χ3n) is 12.7. The Morgan fingerprint density at radius 1 is 0.786 bits per heavy atom. The second kappa shape index (κ2) is 23.0. The maximum Gasteiger partial charge on any atom is 0.333 e. The average molecular weight is 985 g/mol. The van der Waals surface area contributed by atoms with Crippen molar-refractivity contribution in [2.24, 2.45) is 0 Å². The van der Waals surface area contributed by atoms with Crippen molar-refractivity contribution in [3.63, 3.8) is 0 Å². The van der Waals surface area contributed by atoms with Crippen LogP contribution >= 0.6 is 0 Å². The van der Waals surface area contributed by atoms with E-state index in [0.29, 0.717) is 108 Å². The number of carbonyl (C=O) groups is 1. The molecule has 0 saturated carbocycles. The van der Waals surface area contributed by atoms with E-state index < -0.39 is 21.5 Å². The fourth-order valence-electron chi connectivity index (χ4n) is 9.14. The topological polar surface area (TPSA) is 188 Å². The number of fused-ring (bicyclic) bond motifs is 3. The molecule has 4 heterocycles. The summed E-state index contributed by atoms with van der Waals surface area (Å²) in [5.74, 6) is -0.0331. The maximum atomic E-state index is 12.6. The summed E-state index contributed by atoms with van der Waals surface area (Å²) in [5, 5.41) is 19.8. The Kier molecular flexibility index (Phi) is 17.1. The van der Waals surface area contributed by atoms with Gasteiger partial charge < -0.3 is 48.4 Å². The van der Waals surface area contributed by atoms with Crippen LogP contribution in [0, 0.1) is 0 Å². The fraction of sp³-hybridized carbons (Fsp3) is 0.434. The number of hydrogen-bond acceptors (Lipinski definition) is 13. The zero-order chi connectivity index (χ0) is 50.1. The summed E-state index contributed by atoms with van der Waals surface area (Å²) in [6, 6.07) is 21.4. The lowest BCUT2D eigenvalue weighted by atomic mass is 9.80. The smallest absolute Gasteiger partial charge is 0.333 e. The number of methoxy groups -OCH3 is 1. The molecule has 3 aromatic carbocycles. The highest BCUT2D eigenvalue weighted by Crippen LogP contribution is 2.48. The molecular weight excluding hydrogens is 919 g/mol. The van der Waals surface area contributed by atoms with Crippen LogP contribution in [0.3, 0.4) is 0 Å². The number of rotatable bonds is 25. The van der Waals surface area contributed by atoms with E-state index in [4.69, 9.17) is 33.3 Å². The van der Waals surface area contributed by atoms with Gasteiger partial charge in [0, 0.05) is 84.8 Å². The van der Waals surface area contributed by atoms with Crippen molar-refractivity contribution < 1.29 is 65.8 Å². The van der Waals surface area contributed by atoms with Crippen molar-refractivity contribution in [3.8, 4) is 17.5 Å².